The normalized spacial score (nSPS) is 10.4. The molecular weight excluding hydrogens is 136 g/mol. The number of aromatic nitrogens is 2. The van der Waals surface area contributed by atoms with E-state index in [2.05, 4.69) is 20.2 Å². The molecule has 0 aliphatic heterocycles. The number of H-pyrrole nitrogens is 1. The molecule has 6 nitrogen and oxygen atoms in total. The standard InChI is InChI=1S/C4H4N4O2/c9-4(10)8-7-3-5-1-2-6-3/h1-2H,(H,5,6)(H,9,10). The zero-order chi connectivity index (χ0) is 7.40. The van der Waals surface area contributed by atoms with E-state index in [1.807, 2.05) is 0 Å². The van der Waals surface area contributed by atoms with Gasteiger partial charge in [-0.2, -0.15) is 0 Å². The predicted octanol–water partition coefficient (Wildman–Crippen LogP) is 1.17. The van der Waals surface area contributed by atoms with Gasteiger partial charge in [-0.3, -0.25) is 0 Å². The van der Waals surface area contributed by atoms with Crippen molar-refractivity contribution >= 4 is 12.0 Å². The molecule has 0 saturated heterocycles. The molecule has 10 heavy (non-hydrogen) atoms. The van der Waals surface area contributed by atoms with Gasteiger partial charge in [-0.05, 0) is 0 Å². The number of carbonyl (C=O) groups is 1. The van der Waals surface area contributed by atoms with E-state index in [9.17, 15) is 4.79 Å². The molecular formula is C4H4N4O2. The van der Waals surface area contributed by atoms with Crippen LogP contribution in [0.25, 0.3) is 0 Å². The highest BCUT2D eigenvalue weighted by atomic mass is 16.4. The molecule has 1 amide bonds. The van der Waals surface area contributed by atoms with Crippen LogP contribution in [0, 0.1) is 0 Å². The van der Waals surface area contributed by atoms with Gasteiger partial charge in [-0.15, -0.1) is 5.11 Å². The second-order valence-corrected chi connectivity index (χ2v) is 1.40. The fourth-order valence-electron chi connectivity index (χ4n) is 0.402. The number of hydrogen-bond acceptors (Lipinski definition) is 3. The van der Waals surface area contributed by atoms with Gasteiger partial charge in [0.1, 0.15) is 0 Å². The zero-order valence-electron chi connectivity index (χ0n) is 4.85. The third kappa shape index (κ3) is 1.66. The number of imidazole rings is 1. The number of amides is 1. The summed E-state index contributed by atoms with van der Waals surface area (Å²) in [6.45, 7) is 0. The van der Waals surface area contributed by atoms with Gasteiger partial charge < -0.3 is 10.1 Å². The molecule has 0 aliphatic rings. The van der Waals surface area contributed by atoms with Crippen molar-refractivity contribution in [3.8, 4) is 0 Å². The molecule has 52 valence electrons. The van der Waals surface area contributed by atoms with Gasteiger partial charge in [0.2, 0.25) is 5.95 Å². The minimum absolute atomic E-state index is 0.183. The maximum absolute atomic E-state index is 9.79. The van der Waals surface area contributed by atoms with Crippen molar-refractivity contribution in [2.75, 3.05) is 0 Å². The molecule has 1 rings (SSSR count). The molecule has 0 saturated carbocycles. The third-order valence-corrected chi connectivity index (χ3v) is 0.714. The zero-order valence-corrected chi connectivity index (χ0v) is 4.85. The Balaban J connectivity index is 2.64. The Labute approximate surface area is 55.6 Å². The minimum Gasteiger partial charge on any atom is -0.462 e. The molecule has 0 radical (unpaired) electrons. The maximum Gasteiger partial charge on any atom is 0.450 e. The molecule has 0 atom stereocenters. The number of carboxylic acid groups (broad SMARTS) is 1. The first-order chi connectivity index (χ1) is 4.79. The highest BCUT2D eigenvalue weighted by Crippen LogP contribution is 2.00. The van der Waals surface area contributed by atoms with Crippen LogP contribution in [-0.4, -0.2) is 21.2 Å². The number of rotatable bonds is 1. The minimum atomic E-state index is -1.34. The first-order valence-electron chi connectivity index (χ1n) is 2.43. The molecule has 6 heteroatoms. The Hall–Kier alpha value is -1.72. The van der Waals surface area contributed by atoms with Gasteiger partial charge in [-0.25, -0.2) is 9.78 Å². The van der Waals surface area contributed by atoms with E-state index in [1.54, 1.807) is 0 Å². The number of aromatic amines is 1. The van der Waals surface area contributed by atoms with Crippen LogP contribution in [0.3, 0.4) is 0 Å². The van der Waals surface area contributed by atoms with Crippen molar-refractivity contribution in [1.29, 1.82) is 0 Å². The van der Waals surface area contributed by atoms with Crippen LogP contribution in [0.2, 0.25) is 0 Å². The second kappa shape index (κ2) is 2.72. The molecule has 0 fully saturated rings. The average molecular weight is 140 g/mol. The summed E-state index contributed by atoms with van der Waals surface area (Å²) in [6, 6.07) is 0. The van der Waals surface area contributed by atoms with Gasteiger partial charge in [0.25, 0.3) is 0 Å². The van der Waals surface area contributed by atoms with Gasteiger partial charge in [-0.1, -0.05) is 5.11 Å². The van der Waals surface area contributed by atoms with Crippen molar-refractivity contribution in [3.05, 3.63) is 12.4 Å². The number of azo groups is 1. The molecule has 2 N–H and O–H groups in total. The van der Waals surface area contributed by atoms with E-state index >= 15 is 0 Å². The topological polar surface area (TPSA) is 90.7 Å². The molecule has 0 aromatic carbocycles. The fraction of sp³-hybridized carbons (Fsp3) is 0. The highest BCUT2D eigenvalue weighted by Gasteiger charge is 1.90. The van der Waals surface area contributed by atoms with Crippen LogP contribution in [0.5, 0.6) is 0 Å². The van der Waals surface area contributed by atoms with Crippen LogP contribution < -0.4 is 0 Å². The largest absolute Gasteiger partial charge is 0.462 e. The van der Waals surface area contributed by atoms with Crippen LogP contribution >= 0.6 is 0 Å². The summed E-state index contributed by atoms with van der Waals surface area (Å²) >= 11 is 0. The van der Waals surface area contributed by atoms with Crippen molar-refractivity contribution in [2.45, 2.75) is 0 Å². The number of hydrogen-bond donors (Lipinski definition) is 2. The smallest absolute Gasteiger partial charge is 0.450 e. The highest BCUT2D eigenvalue weighted by molar-refractivity contribution is 5.64. The SMILES string of the molecule is O=C(O)N=Nc1ncc[nH]1. The lowest BCUT2D eigenvalue weighted by molar-refractivity contribution is 0.204. The maximum atomic E-state index is 9.79. The van der Waals surface area contributed by atoms with Gasteiger partial charge in [0, 0.05) is 12.4 Å². The van der Waals surface area contributed by atoms with Crippen LogP contribution in [0.15, 0.2) is 22.6 Å². The van der Waals surface area contributed by atoms with E-state index in [-0.39, 0.29) is 5.95 Å². The van der Waals surface area contributed by atoms with Crippen LogP contribution in [-0.2, 0) is 0 Å². The Kier molecular flexibility index (Phi) is 1.74. The van der Waals surface area contributed by atoms with Gasteiger partial charge in [0.15, 0.2) is 0 Å². The van der Waals surface area contributed by atoms with E-state index in [4.69, 9.17) is 5.11 Å². The van der Waals surface area contributed by atoms with Crippen molar-refractivity contribution in [2.24, 2.45) is 10.2 Å². The Morgan fingerprint density at radius 3 is 3.10 bits per heavy atom. The second-order valence-electron chi connectivity index (χ2n) is 1.40. The van der Waals surface area contributed by atoms with E-state index in [0.717, 1.165) is 0 Å². The summed E-state index contributed by atoms with van der Waals surface area (Å²) in [4.78, 5) is 16.0. The van der Waals surface area contributed by atoms with E-state index < -0.39 is 6.09 Å². The molecule has 1 heterocycles. The monoisotopic (exact) mass is 140 g/mol. The first-order valence-corrected chi connectivity index (χ1v) is 2.43. The average Bonchev–Trinajstić information content (AvgIpc) is 2.34. The number of nitrogens with zero attached hydrogens (tertiary/aromatic N) is 3. The van der Waals surface area contributed by atoms with Crippen molar-refractivity contribution in [3.63, 3.8) is 0 Å². The number of nitrogens with one attached hydrogen (secondary N) is 1. The summed E-state index contributed by atoms with van der Waals surface area (Å²) in [5.74, 6) is 0.183. The quantitative estimate of drug-likeness (QED) is 0.573. The lowest BCUT2D eigenvalue weighted by Gasteiger charge is -1.77. The molecule has 0 bridgehead atoms. The van der Waals surface area contributed by atoms with Gasteiger partial charge >= 0.3 is 6.09 Å². The summed E-state index contributed by atoms with van der Waals surface area (Å²) in [6.07, 6.45) is 1.64. The molecule has 1 aromatic rings. The molecule has 1 aromatic heterocycles. The fourth-order valence-corrected chi connectivity index (χ4v) is 0.402. The summed E-state index contributed by atoms with van der Waals surface area (Å²) in [5.41, 5.74) is 0. The Bertz CT molecular complexity index is 240. The lowest BCUT2D eigenvalue weighted by atomic mass is 11.0. The third-order valence-electron chi connectivity index (χ3n) is 0.714. The summed E-state index contributed by atoms with van der Waals surface area (Å²) < 4.78 is 0. The lowest BCUT2D eigenvalue weighted by Crippen LogP contribution is -1.80. The Morgan fingerprint density at radius 1 is 1.80 bits per heavy atom. The molecule has 0 unspecified atom stereocenters. The predicted molar refractivity (Wildman–Crippen MR) is 31.1 cm³/mol. The first kappa shape index (κ1) is 6.40. The van der Waals surface area contributed by atoms with Gasteiger partial charge in [0.05, 0.1) is 0 Å². The molecule has 0 spiro atoms. The van der Waals surface area contributed by atoms with E-state index in [0.29, 0.717) is 0 Å². The summed E-state index contributed by atoms with van der Waals surface area (Å²) in [7, 11) is 0. The van der Waals surface area contributed by atoms with Crippen LogP contribution in [0.4, 0.5) is 10.7 Å². The van der Waals surface area contributed by atoms with Crippen molar-refractivity contribution in [1.82, 2.24) is 9.97 Å². The Morgan fingerprint density at radius 2 is 2.60 bits per heavy atom. The van der Waals surface area contributed by atoms with Crippen molar-refractivity contribution < 1.29 is 9.90 Å². The molecule has 0 aliphatic carbocycles. The van der Waals surface area contributed by atoms with E-state index in [1.165, 1.54) is 12.4 Å². The van der Waals surface area contributed by atoms with Crippen LogP contribution in [0.1, 0.15) is 0 Å². The summed E-state index contributed by atoms with van der Waals surface area (Å²) in [5, 5.41) is 14.0.